The molecule has 2 rings (SSSR count). The van der Waals surface area contributed by atoms with Crippen LogP contribution in [-0.4, -0.2) is 50.3 Å². The van der Waals surface area contributed by atoms with Gasteiger partial charge in [0.25, 0.3) is 0 Å². The number of nitrogens with zero attached hydrogens (tertiary/aromatic N) is 1. The maximum absolute atomic E-state index is 5.23. The van der Waals surface area contributed by atoms with Crippen molar-refractivity contribution in [3.05, 3.63) is 35.9 Å². The van der Waals surface area contributed by atoms with Crippen LogP contribution < -0.4 is 5.32 Å². The van der Waals surface area contributed by atoms with Crippen molar-refractivity contribution in [2.24, 2.45) is 0 Å². The van der Waals surface area contributed by atoms with Crippen LogP contribution in [0, 0.1) is 0 Å². The Morgan fingerprint density at radius 2 is 2.11 bits per heavy atom. The van der Waals surface area contributed by atoms with Crippen molar-refractivity contribution >= 4 is 0 Å². The molecule has 1 heterocycles. The normalized spacial score (nSPS) is 24.5. The summed E-state index contributed by atoms with van der Waals surface area (Å²) in [5.41, 5.74) is 1.42. The quantitative estimate of drug-likeness (QED) is 0.848. The summed E-state index contributed by atoms with van der Waals surface area (Å²) in [5.74, 6) is 0. The van der Waals surface area contributed by atoms with Crippen molar-refractivity contribution in [1.29, 1.82) is 0 Å². The summed E-state index contributed by atoms with van der Waals surface area (Å²) in [6.07, 6.45) is 2.32. The fourth-order valence-corrected chi connectivity index (χ4v) is 2.85. The maximum Gasteiger partial charge on any atom is 0.0589 e. The molecule has 0 aromatic heterocycles. The molecule has 0 bridgehead atoms. The van der Waals surface area contributed by atoms with Gasteiger partial charge in [0.05, 0.1) is 6.61 Å². The Hall–Kier alpha value is -0.900. The van der Waals surface area contributed by atoms with Gasteiger partial charge in [0.15, 0.2) is 0 Å². The van der Waals surface area contributed by atoms with Crippen LogP contribution in [0.5, 0.6) is 0 Å². The summed E-state index contributed by atoms with van der Waals surface area (Å²) in [6.45, 7) is 6.36. The first-order chi connectivity index (χ1) is 9.33. The molecule has 0 amide bonds. The predicted molar refractivity (Wildman–Crippen MR) is 79.5 cm³/mol. The number of benzene rings is 1. The number of nitrogens with one attached hydrogen (secondary N) is 1. The highest BCUT2D eigenvalue weighted by Gasteiger charge is 2.26. The molecule has 106 valence electrons. The third-order valence-electron chi connectivity index (χ3n) is 3.99. The summed E-state index contributed by atoms with van der Waals surface area (Å²) in [4.78, 5) is 2.58. The molecule has 1 aromatic carbocycles. The molecule has 3 nitrogen and oxygen atoms in total. The van der Waals surface area contributed by atoms with Gasteiger partial charge in [-0.3, -0.25) is 4.90 Å². The van der Waals surface area contributed by atoms with Gasteiger partial charge in [-0.1, -0.05) is 37.3 Å². The van der Waals surface area contributed by atoms with E-state index in [1.54, 1.807) is 7.11 Å². The molecule has 1 aromatic rings. The van der Waals surface area contributed by atoms with E-state index in [-0.39, 0.29) is 0 Å². The van der Waals surface area contributed by atoms with Crippen molar-refractivity contribution in [3.63, 3.8) is 0 Å². The fraction of sp³-hybridized carbons (Fsp3) is 0.625. The van der Waals surface area contributed by atoms with Gasteiger partial charge in [-0.25, -0.2) is 0 Å². The SMILES string of the molecule is CCC1CNC(Cc2ccccc2)CN1CCOC. The van der Waals surface area contributed by atoms with Crippen LogP contribution >= 0.6 is 0 Å². The smallest absolute Gasteiger partial charge is 0.0589 e. The Morgan fingerprint density at radius 1 is 1.32 bits per heavy atom. The zero-order chi connectivity index (χ0) is 13.5. The van der Waals surface area contributed by atoms with Gasteiger partial charge in [0.2, 0.25) is 0 Å². The molecule has 1 fully saturated rings. The molecule has 2 unspecified atom stereocenters. The summed E-state index contributed by atoms with van der Waals surface area (Å²) in [6, 6.07) is 12.0. The second-order valence-electron chi connectivity index (χ2n) is 5.34. The number of piperazine rings is 1. The van der Waals surface area contributed by atoms with Crippen LogP contribution in [0.2, 0.25) is 0 Å². The van der Waals surface area contributed by atoms with Crippen molar-refractivity contribution in [3.8, 4) is 0 Å². The minimum Gasteiger partial charge on any atom is -0.383 e. The zero-order valence-electron chi connectivity index (χ0n) is 12.1. The van der Waals surface area contributed by atoms with Gasteiger partial charge < -0.3 is 10.1 Å². The highest BCUT2D eigenvalue weighted by molar-refractivity contribution is 5.16. The Morgan fingerprint density at radius 3 is 2.79 bits per heavy atom. The third kappa shape index (κ3) is 4.30. The first-order valence-electron chi connectivity index (χ1n) is 7.33. The molecule has 1 saturated heterocycles. The lowest BCUT2D eigenvalue weighted by molar-refractivity contribution is 0.0845. The molecule has 1 aliphatic heterocycles. The van der Waals surface area contributed by atoms with Gasteiger partial charge in [-0.05, 0) is 18.4 Å². The second-order valence-corrected chi connectivity index (χ2v) is 5.34. The minimum atomic E-state index is 0.557. The number of hydrogen-bond donors (Lipinski definition) is 1. The second kappa shape index (κ2) is 7.63. The lowest BCUT2D eigenvalue weighted by Crippen LogP contribution is -2.57. The molecule has 2 atom stereocenters. The van der Waals surface area contributed by atoms with Crippen LogP contribution in [0.3, 0.4) is 0 Å². The zero-order valence-corrected chi connectivity index (χ0v) is 12.1. The van der Waals surface area contributed by atoms with E-state index in [2.05, 4.69) is 47.5 Å². The molecular formula is C16H26N2O. The minimum absolute atomic E-state index is 0.557. The van der Waals surface area contributed by atoms with Crippen molar-refractivity contribution in [1.82, 2.24) is 10.2 Å². The van der Waals surface area contributed by atoms with Gasteiger partial charge in [-0.2, -0.15) is 0 Å². The largest absolute Gasteiger partial charge is 0.383 e. The number of methoxy groups -OCH3 is 1. The van der Waals surface area contributed by atoms with Crippen LogP contribution in [0.15, 0.2) is 30.3 Å². The number of rotatable bonds is 6. The number of ether oxygens (including phenoxy) is 1. The van der Waals surface area contributed by atoms with E-state index in [4.69, 9.17) is 4.74 Å². The Kier molecular flexibility index (Phi) is 5.83. The van der Waals surface area contributed by atoms with E-state index in [1.165, 1.54) is 12.0 Å². The van der Waals surface area contributed by atoms with Crippen LogP contribution in [-0.2, 0) is 11.2 Å². The first-order valence-corrected chi connectivity index (χ1v) is 7.33. The molecule has 0 radical (unpaired) electrons. The lowest BCUT2D eigenvalue weighted by Gasteiger charge is -2.40. The van der Waals surface area contributed by atoms with Gasteiger partial charge in [0, 0.05) is 38.8 Å². The molecule has 1 N–H and O–H groups in total. The molecule has 19 heavy (non-hydrogen) atoms. The molecule has 0 aliphatic carbocycles. The van der Waals surface area contributed by atoms with Crippen LogP contribution in [0.1, 0.15) is 18.9 Å². The predicted octanol–water partition coefficient (Wildman–Crippen LogP) is 1.93. The van der Waals surface area contributed by atoms with Crippen LogP contribution in [0.25, 0.3) is 0 Å². The van der Waals surface area contributed by atoms with Crippen molar-refractivity contribution in [2.75, 3.05) is 33.4 Å². The summed E-state index contributed by atoms with van der Waals surface area (Å²) < 4.78 is 5.23. The molecule has 0 spiro atoms. The summed E-state index contributed by atoms with van der Waals surface area (Å²) >= 11 is 0. The third-order valence-corrected chi connectivity index (χ3v) is 3.99. The van der Waals surface area contributed by atoms with E-state index in [1.807, 2.05) is 0 Å². The van der Waals surface area contributed by atoms with E-state index in [9.17, 15) is 0 Å². The van der Waals surface area contributed by atoms with E-state index in [0.717, 1.165) is 32.7 Å². The summed E-state index contributed by atoms with van der Waals surface area (Å²) in [7, 11) is 1.78. The first kappa shape index (κ1) is 14.5. The molecule has 3 heteroatoms. The van der Waals surface area contributed by atoms with Gasteiger partial charge in [-0.15, -0.1) is 0 Å². The fourth-order valence-electron chi connectivity index (χ4n) is 2.85. The average molecular weight is 262 g/mol. The molecule has 0 saturated carbocycles. The monoisotopic (exact) mass is 262 g/mol. The number of hydrogen-bond acceptors (Lipinski definition) is 3. The highest BCUT2D eigenvalue weighted by Crippen LogP contribution is 2.13. The lowest BCUT2D eigenvalue weighted by atomic mass is 10.0. The van der Waals surface area contributed by atoms with Gasteiger partial charge in [0.1, 0.15) is 0 Å². The van der Waals surface area contributed by atoms with E-state index < -0.39 is 0 Å². The topological polar surface area (TPSA) is 24.5 Å². The molecule has 1 aliphatic rings. The van der Waals surface area contributed by atoms with Crippen LogP contribution in [0.4, 0.5) is 0 Å². The van der Waals surface area contributed by atoms with Gasteiger partial charge >= 0.3 is 0 Å². The molecular weight excluding hydrogens is 236 g/mol. The van der Waals surface area contributed by atoms with E-state index >= 15 is 0 Å². The summed E-state index contributed by atoms with van der Waals surface area (Å²) in [5, 5.41) is 3.69. The van der Waals surface area contributed by atoms with Crippen molar-refractivity contribution < 1.29 is 4.74 Å². The highest BCUT2D eigenvalue weighted by atomic mass is 16.5. The average Bonchev–Trinajstić information content (AvgIpc) is 2.46. The Bertz CT molecular complexity index is 355. The Labute approximate surface area is 116 Å². The maximum atomic E-state index is 5.23. The van der Waals surface area contributed by atoms with Crippen molar-refractivity contribution in [2.45, 2.75) is 31.8 Å². The standard InChI is InChI=1S/C16H26N2O/c1-3-16-12-17-15(13-18(16)9-10-19-2)11-14-7-5-4-6-8-14/h4-8,15-17H,3,9-13H2,1-2H3. The van der Waals surface area contributed by atoms with E-state index in [0.29, 0.717) is 12.1 Å². The Balaban J connectivity index is 1.89.